The van der Waals surface area contributed by atoms with Gasteiger partial charge < -0.3 is 5.73 Å². The average Bonchev–Trinajstić information content (AvgIpc) is 2.53. The van der Waals surface area contributed by atoms with Crippen molar-refractivity contribution >= 4 is 5.71 Å². The highest BCUT2D eigenvalue weighted by atomic mass is 14.7. The van der Waals surface area contributed by atoms with Gasteiger partial charge in [-0.05, 0) is 28.5 Å². The first kappa shape index (κ1) is 11.5. The molecule has 5 rings (SSSR count). The lowest BCUT2D eigenvalue weighted by Crippen LogP contribution is -2.35. The highest BCUT2D eigenvalue weighted by Crippen LogP contribution is 2.53. The minimum Gasteiger partial charge on any atom is -0.404 e. The van der Waals surface area contributed by atoms with Crippen LogP contribution in [0.15, 0.2) is 65.3 Å². The molecule has 0 fully saturated rings. The van der Waals surface area contributed by atoms with Gasteiger partial charge in [0.15, 0.2) is 0 Å². The number of nitrogens with two attached hydrogens (primary N) is 1. The van der Waals surface area contributed by atoms with Gasteiger partial charge in [0, 0.05) is 18.5 Å². The van der Waals surface area contributed by atoms with Gasteiger partial charge in [0.1, 0.15) is 0 Å². The summed E-state index contributed by atoms with van der Waals surface area (Å²) >= 11 is 0. The van der Waals surface area contributed by atoms with E-state index in [0.717, 1.165) is 11.3 Å². The highest BCUT2D eigenvalue weighted by molar-refractivity contribution is 6.12. The van der Waals surface area contributed by atoms with Crippen molar-refractivity contribution in [3.05, 3.63) is 82.6 Å². The predicted molar refractivity (Wildman–Crippen MR) is 82.2 cm³/mol. The smallest absolute Gasteiger partial charge is 0.0519 e. The number of allylic oxidation sites excluding steroid dienone is 1. The third-order valence-electron chi connectivity index (χ3n) is 4.54. The maximum atomic E-state index is 5.93. The van der Waals surface area contributed by atoms with E-state index in [9.17, 15) is 0 Å². The molecule has 0 saturated heterocycles. The molecular weight excluding hydrogens is 244 g/mol. The molecule has 2 nitrogen and oxygen atoms in total. The van der Waals surface area contributed by atoms with Crippen LogP contribution >= 0.6 is 0 Å². The fourth-order valence-corrected chi connectivity index (χ4v) is 3.79. The van der Waals surface area contributed by atoms with Crippen LogP contribution in [-0.4, -0.2) is 12.8 Å². The molecule has 0 aromatic heterocycles. The normalized spacial score (nSPS) is 26.6. The average molecular weight is 260 g/mol. The van der Waals surface area contributed by atoms with Gasteiger partial charge in [-0.25, -0.2) is 0 Å². The van der Waals surface area contributed by atoms with Gasteiger partial charge in [0.05, 0.1) is 11.6 Å². The summed E-state index contributed by atoms with van der Waals surface area (Å²) < 4.78 is 0. The minimum absolute atomic E-state index is 0.229. The summed E-state index contributed by atoms with van der Waals surface area (Å²) in [5.41, 5.74) is 13.7. The van der Waals surface area contributed by atoms with Crippen molar-refractivity contribution in [1.29, 1.82) is 0 Å². The SMILES string of the molecule is CN=C1C(=CN)C2c3ccccc3C1c1ccccc12. The summed E-state index contributed by atoms with van der Waals surface area (Å²) in [4.78, 5) is 4.55. The van der Waals surface area contributed by atoms with Gasteiger partial charge in [-0.3, -0.25) is 4.99 Å². The lowest BCUT2D eigenvalue weighted by Gasteiger charge is -2.42. The second-order valence-electron chi connectivity index (χ2n) is 5.35. The summed E-state index contributed by atoms with van der Waals surface area (Å²) in [6.45, 7) is 0. The van der Waals surface area contributed by atoms with E-state index in [4.69, 9.17) is 5.73 Å². The van der Waals surface area contributed by atoms with Gasteiger partial charge in [0.25, 0.3) is 0 Å². The zero-order valence-electron chi connectivity index (χ0n) is 11.4. The van der Waals surface area contributed by atoms with E-state index in [1.165, 1.54) is 22.3 Å². The van der Waals surface area contributed by atoms with Gasteiger partial charge in [-0.15, -0.1) is 0 Å². The maximum absolute atomic E-state index is 5.93. The topological polar surface area (TPSA) is 38.4 Å². The van der Waals surface area contributed by atoms with Crippen LogP contribution < -0.4 is 5.73 Å². The number of nitrogens with zero attached hydrogens (tertiary/aromatic N) is 1. The molecule has 0 aliphatic heterocycles. The van der Waals surface area contributed by atoms with Crippen LogP contribution in [0.25, 0.3) is 0 Å². The third-order valence-corrected chi connectivity index (χ3v) is 4.54. The van der Waals surface area contributed by atoms with Gasteiger partial charge in [-0.1, -0.05) is 48.5 Å². The molecule has 0 radical (unpaired) electrons. The standard InChI is InChI=1S/C18H16N2/c1-20-18-15(10-19)16-11-6-2-4-8-13(11)17(18)14-9-5-3-7-12(14)16/h2-10,16-17H,19H2,1H3. The van der Waals surface area contributed by atoms with Crippen molar-refractivity contribution in [1.82, 2.24) is 0 Å². The largest absolute Gasteiger partial charge is 0.404 e. The molecule has 3 aliphatic rings. The Morgan fingerprint density at radius 2 is 1.30 bits per heavy atom. The van der Waals surface area contributed by atoms with Gasteiger partial charge in [0.2, 0.25) is 0 Å². The van der Waals surface area contributed by atoms with Crippen molar-refractivity contribution in [3.8, 4) is 0 Å². The fourth-order valence-electron chi connectivity index (χ4n) is 3.79. The Hall–Kier alpha value is -2.35. The molecular formula is C18H16N2. The summed E-state index contributed by atoms with van der Waals surface area (Å²) in [5.74, 6) is 0.461. The Labute approximate surface area is 118 Å². The molecule has 0 heterocycles. The molecule has 0 spiro atoms. The Morgan fingerprint density at radius 3 is 1.70 bits per heavy atom. The van der Waals surface area contributed by atoms with E-state index in [0.29, 0.717) is 0 Å². The highest BCUT2D eigenvalue weighted by Gasteiger charge is 2.43. The number of hydrogen-bond donors (Lipinski definition) is 1. The van der Waals surface area contributed by atoms with Gasteiger partial charge >= 0.3 is 0 Å². The Bertz CT molecular complexity index is 644. The van der Waals surface area contributed by atoms with Crippen LogP contribution in [0.3, 0.4) is 0 Å². The minimum atomic E-state index is 0.229. The van der Waals surface area contributed by atoms with Crippen LogP contribution in [0.1, 0.15) is 34.1 Å². The maximum Gasteiger partial charge on any atom is 0.0519 e. The molecule has 0 unspecified atom stereocenters. The van der Waals surface area contributed by atoms with E-state index in [-0.39, 0.29) is 11.8 Å². The zero-order valence-corrected chi connectivity index (χ0v) is 11.4. The fraction of sp³-hybridized carbons (Fsp3) is 0.167. The van der Waals surface area contributed by atoms with Crippen LogP contribution in [0.5, 0.6) is 0 Å². The van der Waals surface area contributed by atoms with Crippen LogP contribution in [-0.2, 0) is 0 Å². The summed E-state index contributed by atoms with van der Waals surface area (Å²) in [6, 6.07) is 17.3. The second-order valence-corrected chi connectivity index (χ2v) is 5.35. The molecule has 2 aromatic rings. The number of fused-ring (bicyclic) bond motifs is 1. The molecule has 0 saturated carbocycles. The first-order valence-corrected chi connectivity index (χ1v) is 6.93. The first-order chi connectivity index (χ1) is 9.86. The molecule has 2 N–H and O–H groups in total. The number of aliphatic imine (C=N–C) groups is 1. The monoisotopic (exact) mass is 260 g/mol. The number of benzene rings is 2. The lowest BCUT2D eigenvalue weighted by atomic mass is 9.61. The van der Waals surface area contributed by atoms with E-state index in [1.807, 2.05) is 7.05 Å². The van der Waals surface area contributed by atoms with E-state index in [2.05, 4.69) is 53.5 Å². The molecule has 20 heavy (non-hydrogen) atoms. The molecule has 0 atom stereocenters. The third kappa shape index (κ3) is 1.26. The predicted octanol–water partition coefficient (Wildman–Crippen LogP) is 3.19. The molecule has 98 valence electrons. The number of rotatable bonds is 0. The van der Waals surface area contributed by atoms with Crippen molar-refractivity contribution < 1.29 is 0 Å². The lowest BCUT2D eigenvalue weighted by molar-refractivity contribution is 0.808. The van der Waals surface area contributed by atoms with Crippen molar-refractivity contribution in [3.63, 3.8) is 0 Å². The van der Waals surface area contributed by atoms with Crippen molar-refractivity contribution in [2.75, 3.05) is 7.05 Å². The first-order valence-electron chi connectivity index (χ1n) is 6.93. The quantitative estimate of drug-likeness (QED) is 0.776. The Morgan fingerprint density at radius 1 is 0.850 bits per heavy atom. The van der Waals surface area contributed by atoms with Crippen LogP contribution in [0.2, 0.25) is 0 Å². The molecule has 2 heteroatoms. The van der Waals surface area contributed by atoms with Crippen LogP contribution in [0, 0.1) is 0 Å². The second kappa shape index (κ2) is 4.07. The zero-order chi connectivity index (χ0) is 13.7. The Kier molecular flexibility index (Phi) is 2.34. The van der Waals surface area contributed by atoms with E-state index >= 15 is 0 Å². The summed E-state index contributed by atoms with van der Waals surface area (Å²) in [7, 11) is 1.87. The Balaban J connectivity index is 2.13. The van der Waals surface area contributed by atoms with Crippen molar-refractivity contribution in [2.24, 2.45) is 10.7 Å². The molecule has 2 bridgehead atoms. The van der Waals surface area contributed by atoms with Crippen molar-refractivity contribution in [2.45, 2.75) is 11.8 Å². The van der Waals surface area contributed by atoms with Gasteiger partial charge in [-0.2, -0.15) is 0 Å². The summed E-state index contributed by atoms with van der Waals surface area (Å²) in [5, 5.41) is 0. The number of hydrogen-bond acceptors (Lipinski definition) is 2. The summed E-state index contributed by atoms with van der Waals surface area (Å²) in [6.07, 6.45) is 1.74. The van der Waals surface area contributed by atoms with Crippen LogP contribution in [0.4, 0.5) is 0 Å². The van der Waals surface area contributed by atoms with E-state index < -0.39 is 0 Å². The molecule has 3 aliphatic carbocycles. The molecule has 0 amide bonds. The van der Waals surface area contributed by atoms with E-state index in [1.54, 1.807) is 6.20 Å². The molecule has 2 aromatic carbocycles.